The van der Waals surface area contributed by atoms with E-state index in [9.17, 15) is 4.39 Å². The quantitative estimate of drug-likeness (QED) is 0.784. The summed E-state index contributed by atoms with van der Waals surface area (Å²) < 4.78 is 19.6. The average molecular weight is 337 g/mol. The Hall–Kier alpha value is -0.160. The summed E-state index contributed by atoms with van der Waals surface area (Å²) in [4.78, 5) is 2.27. The van der Waals surface area contributed by atoms with Gasteiger partial charge >= 0.3 is 0 Å². The minimum absolute atomic E-state index is 0.0650. The molecular weight excluding hydrogens is 321 g/mol. The second-order valence-corrected chi connectivity index (χ2v) is 5.70. The Labute approximate surface area is 120 Å². The molecule has 1 saturated heterocycles. The lowest BCUT2D eigenvalue weighted by molar-refractivity contribution is -0.0511. The molecule has 1 aromatic carbocycles. The van der Waals surface area contributed by atoms with Crippen molar-refractivity contribution in [2.45, 2.75) is 25.6 Å². The molecule has 1 aliphatic rings. The van der Waals surface area contributed by atoms with Crippen molar-refractivity contribution in [1.29, 1.82) is 0 Å². The van der Waals surface area contributed by atoms with Gasteiger partial charge in [0.15, 0.2) is 0 Å². The van der Waals surface area contributed by atoms with E-state index in [0.717, 1.165) is 12.1 Å². The lowest BCUT2D eigenvalue weighted by atomic mass is 10.1. The van der Waals surface area contributed by atoms with E-state index in [2.05, 4.69) is 27.8 Å². The number of hydrogen-bond donors (Lipinski definition) is 0. The fourth-order valence-corrected chi connectivity index (χ4v) is 2.65. The summed E-state index contributed by atoms with van der Waals surface area (Å²) in [6, 6.07) is 5.45. The molecule has 0 spiro atoms. The van der Waals surface area contributed by atoms with Gasteiger partial charge in [-0.3, -0.25) is 4.90 Å². The van der Waals surface area contributed by atoms with E-state index in [1.807, 2.05) is 6.07 Å². The molecule has 1 fully saturated rings. The van der Waals surface area contributed by atoms with Crippen LogP contribution in [0.3, 0.4) is 0 Å². The van der Waals surface area contributed by atoms with Crippen LogP contribution in [0.2, 0.25) is 0 Å². The Balaban J connectivity index is 2.09. The third kappa shape index (κ3) is 3.23. The number of hydrogen-bond acceptors (Lipinski definition) is 2. The third-order valence-electron chi connectivity index (χ3n) is 3.21. The molecule has 5 heteroatoms. The Bertz CT molecular complexity index is 418. The van der Waals surface area contributed by atoms with E-state index < -0.39 is 0 Å². The second kappa shape index (κ2) is 6.33. The van der Waals surface area contributed by atoms with Gasteiger partial charge in [0.2, 0.25) is 0 Å². The van der Waals surface area contributed by atoms with Crippen molar-refractivity contribution >= 4 is 27.5 Å². The highest BCUT2D eigenvalue weighted by molar-refractivity contribution is 9.10. The zero-order valence-corrected chi connectivity index (χ0v) is 12.5. The Morgan fingerprint density at radius 1 is 1.56 bits per heavy atom. The lowest BCUT2D eigenvalue weighted by Gasteiger charge is -2.37. The van der Waals surface area contributed by atoms with Crippen LogP contribution >= 0.6 is 27.5 Å². The van der Waals surface area contributed by atoms with Crippen LogP contribution in [-0.2, 0) is 11.3 Å². The molecule has 2 atom stereocenters. The summed E-state index contributed by atoms with van der Waals surface area (Å²) in [7, 11) is 0. The highest BCUT2D eigenvalue weighted by Gasteiger charge is 2.26. The van der Waals surface area contributed by atoms with E-state index in [1.165, 1.54) is 6.07 Å². The maximum Gasteiger partial charge on any atom is 0.137 e. The van der Waals surface area contributed by atoms with Gasteiger partial charge in [-0.05, 0) is 34.5 Å². The number of benzene rings is 1. The molecule has 1 aliphatic heterocycles. The molecule has 2 nitrogen and oxygen atoms in total. The van der Waals surface area contributed by atoms with Crippen molar-refractivity contribution in [2.75, 3.05) is 19.0 Å². The molecule has 1 aromatic rings. The predicted molar refractivity (Wildman–Crippen MR) is 74.4 cm³/mol. The van der Waals surface area contributed by atoms with Crippen molar-refractivity contribution in [3.63, 3.8) is 0 Å². The van der Waals surface area contributed by atoms with E-state index in [1.54, 1.807) is 6.07 Å². The van der Waals surface area contributed by atoms with E-state index in [4.69, 9.17) is 16.3 Å². The molecule has 0 saturated carbocycles. The molecule has 0 aromatic heterocycles. The van der Waals surface area contributed by atoms with Crippen LogP contribution < -0.4 is 0 Å². The van der Waals surface area contributed by atoms with Gasteiger partial charge in [0.1, 0.15) is 5.82 Å². The van der Waals surface area contributed by atoms with Crippen molar-refractivity contribution in [2.24, 2.45) is 0 Å². The van der Waals surface area contributed by atoms with Gasteiger partial charge in [-0.1, -0.05) is 12.1 Å². The fraction of sp³-hybridized carbons (Fsp3) is 0.538. The van der Waals surface area contributed by atoms with Gasteiger partial charge in [-0.2, -0.15) is 0 Å². The van der Waals surface area contributed by atoms with Crippen LogP contribution in [0.15, 0.2) is 22.7 Å². The van der Waals surface area contributed by atoms with Crippen LogP contribution in [0.5, 0.6) is 0 Å². The maximum atomic E-state index is 13.5. The smallest absolute Gasteiger partial charge is 0.137 e. The van der Waals surface area contributed by atoms with Crippen molar-refractivity contribution in [3.05, 3.63) is 34.1 Å². The van der Waals surface area contributed by atoms with Crippen LogP contribution in [-0.4, -0.2) is 36.1 Å². The summed E-state index contributed by atoms with van der Waals surface area (Å²) in [5.41, 5.74) is 0.956. The molecule has 0 amide bonds. The first-order valence-corrected chi connectivity index (χ1v) is 7.29. The van der Waals surface area contributed by atoms with Crippen molar-refractivity contribution in [1.82, 2.24) is 4.90 Å². The van der Waals surface area contributed by atoms with E-state index >= 15 is 0 Å². The SMILES string of the molecule is CC1COC(CCl)CN1Cc1cccc(F)c1Br. The van der Waals surface area contributed by atoms with Gasteiger partial charge in [-0.15, -0.1) is 11.6 Å². The summed E-state index contributed by atoms with van der Waals surface area (Å²) >= 11 is 9.13. The van der Waals surface area contributed by atoms with Crippen LogP contribution in [0.4, 0.5) is 4.39 Å². The molecular formula is C13H16BrClFNO. The average Bonchev–Trinajstić information content (AvgIpc) is 2.37. The third-order valence-corrected chi connectivity index (χ3v) is 4.44. The van der Waals surface area contributed by atoms with Gasteiger partial charge < -0.3 is 4.74 Å². The number of halogens is 3. The topological polar surface area (TPSA) is 12.5 Å². The summed E-state index contributed by atoms with van der Waals surface area (Å²) in [5, 5.41) is 0. The largest absolute Gasteiger partial charge is 0.374 e. The Morgan fingerprint density at radius 3 is 3.06 bits per heavy atom. The fourth-order valence-electron chi connectivity index (χ4n) is 2.08. The molecule has 0 N–H and O–H groups in total. The summed E-state index contributed by atoms with van der Waals surface area (Å²) in [6.45, 7) is 4.27. The zero-order valence-electron chi connectivity index (χ0n) is 10.2. The first-order valence-electron chi connectivity index (χ1n) is 5.96. The number of nitrogens with zero attached hydrogens (tertiary/aromatic N) is 1. The van der Waals surface area contributed by atoms with Gasteiger partial charge in [0.25, 0.3) is 0 Å². The monoisotopic (exact) mass is 335 g/mol. The van der Waals surface area contributed by atoms with Crippen molar-refractivity contribution < 1.29 is 9.13 Å². The first-order chi connectivity index (χ1) is 8.61. The standard InChI is InChI=1S/C13H16BrClFNO/c1-9-8-18-11(5-15)7-17(9)6-10-3-2-4-12(16)13(10)14/h2-4,9,11H,5-8H2,1H3. The number of alkyl halides is 1. The zero-order chi connectivity index (χ0) is 13.1. The molecule has 18 heavy (non-hydrogen) atoms. The second-order valence-electron chi connectivity index (χ2n) is 4.60. The summed E-state index contributed by atoms with van der Waals surface area (Å²) in [6.07, 6.45) is 0.0650. The molecule has 100 valence electrons. The Kier molecular flexibility index (Phi) is 5.01. The molecule has 1 heterocycles. The van der Waals surface area contributed by atoms with E-state index in [-0.39, 0.29) is 11.9 Å². The minimum atomic E-state index is -0.220. The normalized spacial score (nSPS) is 25.3. The first kappa shape index (κ1) is 14.3. The molecule has 2 rings (SSSR count). The number of morpholine rings is 1. The predicted octanol–water partition coefficient (Wildman–Crippen LogP) is 3.42. The molecule has 0 radical (unpaired) electrons. The maximum absolute atomic E-state index is 13.5. The summed E-state index contributed by atoms with van der Waals surface area (Å²) in [5.74, 6) is 0.274. The number of rotatable bonds is 3. The lowest BCUT2D eigenvalue weighted by Crippen LogP contribution is -2.48. The van der Waals surface area contributed by atoms with Gasteiger partial charge in [0, 0.05) is 25.0 Å². The Morgan fingerprint density at radius 2 is 2.33 bits per heavy atom. The van der Waals surface area contributed by atoms with Crippen LogP contribution in [0.1, 0.15) is 12.5 Å². The highest BCUT2D eigenvalue weighted by Crippen LogP contribution is 2.24. The van der Waals surface area contributed by atoms with Gasteiger partial charge in [0.05, 0.1) is 17.2 Å². The van der Waals surface area contributed by atoms with Gasteiger partial charge in [-0.25, -0.2) is 4.39 Å². The number of ether oxygens (including phenoxy) is 1. The van der Waals surface area contributed by atoms with Crippen LogP contribution in [0.25, 0.3) is 0 Å². The molecule has 2 unspecified atom stereocenters. The van der Waals surface area contributed by atoms with Crippen molar-refractivity contribution in [3.8, 4) is 0 Å². The molecule has 0 bridgehead atoms. The minimum Gasteiger partial charge on any atom is -0.374 e. The highest BCUT2D eigenvalue weighted by atomic mass is 79.9. The van der Waals surface area contributed by atoms with Crippen LogP contribution in [0, 0.1) is 5.82 Å². The molecule has 0 aliphatic carbocycles. The van der Waals surface area contributed by atoms with E-state index in [0.29, 0.717) is 29.5 Å².